The summed E-state index contributed by atoms with van der Waals surface area (Å²) in [5.74, 6) is 0.342. The molecule has 0 saturated carbocycles. The van der Waals surface area contributed by atoms with Gasteiger partial charge in [-0.05, 0) is 5.41 Å². The lowest BCUT2D eigenvalue weighted by molar-refractivity contribution is 0.0592. The number of ether oxygens (including phenoxy) is 2. The maximum absolute atomic E-state index is 10.1. The highest BCUT2D eigenvalue weighted by atomic mass is 16.5. The van der Waals surface area contributed by atoms with E-state index in [2.05, 4.69) is 9.97 Å². The third kappa shape index (κ3) is 2.61. The first-order chi connectivity index (χ1) is 7.40. The Bertz CT molecular complexity index is 361. The van der Waals surface area contributed by atoms with E-state index in [1.165, 1.54) is 20.4 Å². The molecule has 1 atom stereocenters. The van der Waals surface area contributed by atoms with E-state index in [0.29, 0.717) is 11.4 Å². The van der Waals surface area contributed by atoms with Crippen molar-refractivity contribution in [1.82, 2.24) is 9.97 Å². The van der Waals surface area contributed by atoms with Gasteiger partial charge in [-0.15, -0.1) is 0 Å². The molecule has 0 fully saturated rings. The van der Waals surface area contributed by atoms with Gasteiger partial charge in [-0.2, -0.15) is 4.98 Å². The lowest BCUT2D eigenvalue weighted by atomic mass is 9.85. The zero-order chi connectivity index (χ0) is 12.3. The maximum Gasteiger partial charge on any atom is 0.319 e. The molecule has 1 N–H and O–H groups in total. The minimum atomic E-state index is -0.687. The summed E-state index contributed by atoms with van der Waals surface area (Å²) in [6.07, 6.45) is 0.842. The number of aliphatic hydroxyl groups is 1. The molecule has 5 nitrogen and oxygen atoms in total. The molecule has 0 saturated heterocycles. The summed E-state index contributed by atoms with van der Waals surface area (Å²) in [5.41, 5.74) is 0.265. The van der Waals surface area contributed by atoms with E-state index in [1.807, 2.05) is 20.8 Å². The number of hydrogen-bond acceptors (Lipinski definition) is 5. The van der Waals surface area contributed by atoms with Crippen LogP contribution in [0.1, 0.15) is 32.4 Å². The SMILES string of the molecule is COc1ncc(C(O)C(C)(C)C)c(OC)n1. The van der Waals surface area contributed by atoms with Crippen molar-refractivity contribution in [2.24, 2.45) is 5.41 Å². The molecule has 0 aliphatic carbocycles. The van der Waals surface area contributed by atoms with Gasteiger partial charge in [0.25, 0.3) is 0 Å². The molecule has 0 amide bonds. The van der Waals surface area contributed by atoms with Crippen molar-refractivity contribution >= 4 is 0 Å². The van der Waals surface area contributed by atoms with Crippen LogP contribution in [0.25, 0.3) is 0 Å². The zero-order valence-corrected chi connectivity index (χ0v) is 10.3. The zero-order valence-electron chi connectivity index (χ0n) is 10.3. The van der Waals surface area contributed by atoms with Crippen molar-refractivity contribution in [2.45, 2.75) is 26.9 Å². The van der Waals surface area contributed by atoms with Gasteiger partial charge in [0.2, 0.25) is 5.88 Å². The van der Waals surface area contributed by atoms with Crippen molar-refractivity contribution < 1.29 is 14.6 Å². The third-order valence-electron chi connectivity index (χ3n) is 2.25. The second-order valence-electron chi connectivity index (χ2n) is 4.59. The summed E-state index contributed by atoms with van der Waals surface area (Å²) in [5, 5.41) is 10.1. The van der Waals surface area contributed by atoms with Crippen LogP contribution in [0.5, 0.6) is 11.9 Å². The summed E-state index contributed by atoms with van der Waals surface area (Å²) in [7, 11) is 2.98. The highest BCUT2D eigenvalue weighted by molar-refractivity contribution is 5.28. The fraction of sp³-hybridized carbons (Fsp3) is 0.636. The van der Waals surface area contributed by atoms with E-state index >= 15 is 0 Å². The van der Waals surface area contributed by atoms with Gasteiger partial charge in [-0.25, -0.2) is 4.98 Å². The molecule has 5 heteroatoms. The third-order valence-corrected chi connectivity index (χ3v) is 2.25. The highest BCUT2D eigenvalue weighted by Gasteiger charge is 2.28. The van der Waals surface area contributed by atoms with E-state index in [-0.39, 0.29) is 11.4 Å². The minimum Gasteiger partial charge on any atom is -0.481 e. The van der Waals surface area contributed by atoms with Crippen molar-refractivity contribution in [3.63, 3.8) is 0 Å². The minimum absolute atomic E-state index is 0.224. The van der Waals surface area contributed by atoms with E-state index in [9.17, 15) is 5.11 Å². The Labute approximate surface area is 95.4 Å². The molecule has 1 aromatic heterocycles. The number of aliphatic hydroxyl groups excluding tert-OH is 1. The number of rotatable bonds is 3. The predicted molar refractivity (Wildman–Crippen MR) is 59.6 cm³/mol. The Morgan fingerprint density at radius 1 is 1.25 bits per heavy atom. The van der Waals surface area contributed by atoms with Gasteiger partial charge in [-0.3, -0.25) is 0 Å². The number of nitrogens with zero attached hydrogens (tertiary/aromatic N) is 2. The number of aromatic nitrogens is 2. The molecule has 0 radical (unpaired) electrons. The summed E-state index contributed by atoms with van der Waals surface area (Å²) in [6.45, 7) is 5.80. The highest BCUT2D eigenvalue weighted by Crippen LogP contribution is 2.36. The van der Waals surface area contributed by atoms with Crippen LogP contribution in [-0.2, 0) is 0 Å². The molecule has 16 heavy (non-hydrogen) atoms. The fourth-order valence-corrected chi connectivity index (χ4v) is 1.28. The van der Waals surface area contributed by atoms with Crippen LogP contribution in [0.15, 0.2) is 6.20 Å². The van der Waals surface area contributed by atoms with Crippen molar-refractivity contribution in [1.29, 1.82) is 0 Å². The maximum atomic E-state index is 10.1. The predicted octanol–water partition coefficient (Wildman–Crippen LogP) is 1.57. The molecule has 90 valence electrons. The molecular weight excluding hydrogens is 208 g/mol. The molecule has 1 rings (SSSR count). The molecule has 1 aromatic rings. The van der Waals surface area contributed by atoms with Gasteiger partial charge in [0.15, 0.2) is 0 Å². The van der Waals surface area contributed by atoms with Gasteiger partial charge < -0.3 is 14.6 Å². The second kappa shape index (κ2) is 4.65. The Hall–Kier alpha value is -1.36. The molecule has 1 heterocycles. The van der Waals surface area contributed by atoms with Gasteiger partial charge in [-0.1, -0.05) is 20.8 Å². The van der Waals surface area contributed by atoms with Crippen molar-refractivity contribution in [2.75, 3.05) is 14.2 Å². The molecule has 1 unspecified atom stereocenters. The second-order valence-corrected chi connectivity index (χ2v) is 4.59. The lowest BCUT2D eigenvalue weighted by Crippen LogP contribution is -2.19. The summed E-state index contributed by atoms with van der Waals surface area (Å²) in [6, 6.07) is 0.224. The number of hydrogen-bond donors (Lipinski definition) is 1. The van der Waals surface area contributed by atoms with Crippen LogP contribution in [-0.4, -0.2) is 29.3 Å². The molecule has 0 aliphatic rings. The van der Waals surface area contributed by atoms with Crippen LogP contribution in [0.4, 0.5) is 0 Å². The Kier molecular flexibility index (Phi) is 3.70. The van der Waals surface area contributed by atoms with Crippen molar-refractivity contribution in [3.05, 3.63) is 11.8 Å². The van der Waals surface area contributed by atoms with E-state index in [1.54, 1.807) is 0 Å². The molecule has 0 aliphatic heterocycles. The molecule has 0 aromatic carbocycles. The fourth-order valence-electron chi connectivity index (χ4n) is 1.28. The molecule has 0 bridgehead atoms. The quantitative estimate of drug-likeness (QED) is 0.847. The van der Waals surface area contributed by atoms with Crippen LogP contribution in [0.2, 0.25) is 0 Å². The molecular formula is C11H18N2O3. The lowest BCUT2D eigenvalue weighted by Gasteiger charge is -2.26. The Morgan fingerprint density at radius 3 is 2.31 bits per heavy atom. The summed E-state index contributed by atoms with van der Waals surface area (Å²) in [4.78, 5) is 8.00. The first-order valence-corrected chi connectivity index (χ1v) is 5.03. The van der Waals surface area contributed by atoms with E-state index in [0.717, 1.165) is 0 Å². The Balaban J connectivity index is 3.14. The van der Waals surface area contributed by atoms with Crippen LogP contribution >= 0.6 is 0 Å². The van der Waals surface area contributed by atoms with E-state index in [4.69, 9.17) is 9.47 Å². The van der Waals surface area contributed by atoms with Gasteiger partial charge >= 0.3 is 6.01 Å². The van der Waals surface area contributed by atoms with E-state index < -0.39 is 6.10 Å². The van der Waals surface area contributed by atoms with Gasteiger partial charge in [0.1, 0.15) is 0 Å². The average molecular weight is 226 g/mol. The van der Waals surface area contributed by atoms with Crippen LogP contribution < -0.4 is 9.47 Å². The monoisotopic (exact) mass is 226 g/mol. The number of methoxy groups -OCH3 is 2. The van der Waals surface area contributed by atoms with Gasteiger partial charge in [0, 0.05) is 6.20 Å². The smallest absolute Gasteiger partial charge is 0.319 e. The topological polar surface area (TPSA) is 64.5 Å². The van der Waals surface area contributed by atoms with Crippen LogP contribution in [0, 0.1) is 5.41 Å². The van der Waals surface area contributed by atoms with Crippen molar-refractivity contribution in [3.8, 4) is 11.9 Å². The summed E-state index contributed by atoms with van der Waals surface area (Å²) < 4.78 is 10.0. The van der Waals surface area contributed by atoms with Gasteiger partial charge in [0.05, 0.1) is 25.9 Å². The summed E-state index contributed by atoms with van der Waals surface area (Å²) >= 11 is 0. The largest absolute Gasteiger partial charge is 0.481 e. The first kappa shape index (κ1) is 12.7. The first-order valence-electron chi connectivity index (χ1n) is 5.03. The Morgan fingerprint density at radius 2 is 1.88 bits per heavy atom. The molecule has 0 spiro atoms. The average Bonchev–Trinajstić information content (AvgIpc) is 2.26. The normalized spacial score (nSPS) is 13.4. The standard InChI is InChI=1S/C11H18N2O3/c1-11(2,3)8(14)7-6-12-10(16-5)13-9(7)15-4/h6,8,14H,1-5H3. The van der Waals surface area contributed by atoms with Crippen LogP contribution in [0.3, 0.4) is 0 Å².